The lowest BCUT2D eigenvalue weighted by Crippen LogP contribution is -2.53. The number of likely N-dealkylation sites (N-methyl/N-ethyl adjacent to an activating group) is 1. The van der Waals surface area contributed by atoms with E-state index in [1.54, 1.807) is 24.3 Å². The summed E-state index contributed by atoms with van der Waals surface area (Å²) in [5, 5.41) is 2.88. The van der Waals surface area contributed by atoms with Crippen molar-refractivity contribution in [3.8, 4) is 11.5 Å². The second kappa shape index (κ2) is 15.4. The van der Waals surface area contributed by atoms with E-state index in [1.807, 2.05) is 75.4 Å². The van der Waals surface area contributed by atoms with E-state index < -0.39 is 28.5 Å². The molecule has 4 aromatic rings. The number of aryl methyl sites for hydroxylation is 2. The predicted octanol–water partition coefficient (Wildman–Crippen LogP) is 5.29. The van der Waals surface area contributed by atoms with E-state index in [1.165, 1.54) is 37.3 Å². The minimum atomic E-state index is -4.30. The number of amides is 2. The molecule has 4 aromatic carbocycles. The molecule has 2 amide bonds. The van der Waals surface area contributed by atoms with Crippen LogP contribution in [0.5, 0.6) is 11.5 Å². The van der Waals surface area contributed by atoms with Gasteiger partial charge in [-0.3, -0.25) is 13.9 Å². The van der Waals surface area contributed by atoms with Gasteiger partial charge in [0.1, 0.15) is 12.6 Å². The van der Waals surface area contributed by atoms with Gasteiger partial charge in [-0.1, -0.05) is 72.3 Å². The highest BCUT2D eigenvalue weighted by Gasteiger charge is 2.35. The molecule has 0 saturated heterocycles. The van der Waals surface area contributed by atoms with Crippen molar-refractivity contribution in [2.75, 3.05) is 31.6 Å². The summed E-state index contributed by atoms with van der Waals surface area (Å²) in [6.07, 6.45) is 0.247. The highest BCUT2D eigenvalue weighted by Crippen LogP contribution is 2.32. The van der Waals surface area contributed by atoms with Gasteiger partial charge >= 0.3 is 0 Å². The third-order valence-corrected chi connectivity index (χ3v) is 9.54. The molecule has 0 unspecified atom stereocenters. The molecule has 0 spiro atoms. The van der Waals surface area contributed by atoms with Crippen LogP contribution in [0.1, 0.15) is 29.2 Å². The number of carbonyl (C=O) groups is 2. The minimum absolute atomic E-state index is 0.0754. The Bertz CT molecular complexity index is 1740. The normalized spacial score (nSPS) is 11.8. The van der Waals surface area contributed by atoms with Crippen LogP contribution in [0.25, 0.3) is 0 Å². The first-order valence-corrected chi connectivity index (χ1v) is 16.5. The molecule has 0 radical (unpaired) electrons. The summed E-state index contributed by atoms with van der Waals surface area (Å²) >= 11 is 0. The Morgan fingerprint density at radius 3 is 2.11 bits per heavy atom. The molecular formula is C36H41N3O6S. The van der Waals surface area contributed by atoms with Crippen LogP contribution in [-0.4, -0.2) is 58.5 Å². The van der Waals surface area contributed by atoms with Gasteiger partial charge in [0, 0.05) is 25.6 Å². The van der Waals surface area contributed by atoms with E-state index in [2.05, 4.69) is 5.32 Å². The van der Waals surface area contributed by atoms with Crippen molar-refractivity contribution in [1.82, 2.24) is 10.2 Å². The molecule has 10 heteroatoms. The highest BCUT2D eigenvalue weighted by atomic mass is 32.2. The molecule has 4 rings (SSSR count). The van der Waals surface area contributed by atoms with E-state index in [0.29, 0.717) is 18.0 Å². The number of hydrogen-bond donors (Lipinski definition) is 1. The summed E-state index contributed by atoms with van der Waals surface area (Å²) in [6, 6.07) is 27.4. The third-order valence-electron chi connectivity index (χ3n) is 7.77. The minimum Gasteiger partial charge on any atom is -0.493 e. The number of benzene rings is 4. The molecule has 0 aliphatic heterocycles. The number of ether oxygens (including phenoxy) is 2. The number of rotatable bonds is 14. The van der Waals surface area contributed by atoms with Gasteiger partial charge in [0.2, 0.25) is 11.8 Å². The maximum atomic E-state index is 14.5. The van der Waals surface area contributed by atoms with Gasteiger partial charge in [0.05, 0.1) is 24.8 Å². The van der Waals surface area contributed by atoms with Gasteiger partial charge in [-0.2, -0.15) is 0 Å². The molecule has 9 nitrogen and oxygen atoms in total. The van der Waals surface area contributed by atoms with Crippen molar-refractivity contribution >= 4 is 27.5 Å². The second-order valence-corrected chi connectivity index (χ2v) is 12.8. The standard InChI is InChI=1S/C36H41N3O6S/c1-6-37-36(41)32(22-28-13-8-7-9-14-28)38(24-29-15-11-10-12-27(29)3)35(40)25-39(30-18-16-26(2)17-19-30)46(42,43)31-20-21-33(44-4)34(23-31)45-5/h7-21,23,32H,6,22,24-25H2,1-5H3,(H,37,41)/t32-/m0/s1. The summed E-state index contributed by atoms with van der Waals surface area (Å²) in [6.45, 7) is 5.59. The zero-order valence-corrected chi connectivity index (χ0v) is 27.7. The van der Waals surface area contributed by atoms with Gasteiger partial charge < -0.3 is 19.7 Å². The zero-order valence-electron chi connectivity index (χ0n) is 26.9. The molecule has 0 saturated carbocycles. The average Bonchev–Trinajstić information content (AvgIpc) is 3.06. The maximum Gasteiger partial charge on any atom is 0.264 e. The smallest absolute Gasteiger partial charge is 0.264 e. The summed E-state index contributed by atoms with van der Waals surface area (Å²) < 4.78 is 40.4. The number of sulfonamides is 1. The average molecular weight is 644 g/mol. The monoisotopic (exact) mass is 643 g/mol. The number of carbonyl (C=O) groups excluding carboxylic acids is 2. The highest BCUT2D eigenvalue weighted by molar-refractivity contribution is 7.92. The van der Waals surface area contributed by atoms with Crippen molar-refractivity contribution in [3.05, 3.63) is 119 Å². The molecule has 1 atom stereocenters. The lowest BCUT2D eigenvalue weighted by molar-refractivity contribution is -0.140. The first-order chi connectivity index (χ1) is 22.1. The number of nitrogens with zero attached hydrogens (tertiary/aromatic N) is 2. The Labute approximate surface area is 271 Å². The van der Waals surface area contributed by atoms with Crippen LogP contribution in [0.4, 0.5) is 5.69 Å². The van der Waals surface area contributed by atoms with E-state index in [4.69, 9.17) is 9.47 Å². The maximum absolute atomic E-state index is 14.5. The molecular weight excluding hydrogens is 602 g/mol. The number of anilines is 1. The van der Waals surface area contributed by atoms with Crippen LogP contribution in [0, 0.1) is 13.8 Å². The van der Waals surface area contributed by atoms with Crippen LogP contribution in [0.3, 0.4) is 0 Å². The van der Waals surface area contributed by atoms with E-state index in [0.717, 1.165) is 26.6 Å². The molecule has 0 bridgehead atoms. The van der Waals surface area contributed by atoms with Gasteiger partial charge in [-0.15, -0.1) is 0 Å². The molecule has 46 heavy (non-hydrogen) atoms. The van der Waals surface area contributed by atoms with Crippen LogP contribution >= 0.6 is 0 Å². The fraction of sp³-hybridized carbons (Fsp3) is 0.278. The molecule has 0 heterocycles. The van der Waals surface area contributed by atoms with E-state index in [9.17, 15) is 18.0 Å². The summed E-state index contributed by atoms with van der Waals surface area (Å²) in [7, 11) is -1.41. The largest absolute Gasteiger partial charge is 0.493 e. The van der Waals surface area contributed by atoms with Crippen molar-refractivity contribution < 1.29 is 27.5 Å². The fourth-order valence-corrected chi connectivity index (χ4v) is 6.59. The van der Waals surface area contributed by atoms with E-state index in [-0.39, 0.29) is 29.5 Å². The topological polar surface area (TPSA) is 105 Å². The van der Waals surface area contributed by atoms with Gasteiger partial charge in [0.25, 0.3) is 10.0 Å². The van der Waals surface area contributed by atoms with Gasteiger partial charge in [0.15, 0.2) is 11.5 Å². The molecule has 0 aromatic heterocycles. The molecule has 242 valence electrons. The zero-order chi connectivity index (χ0) is 33.3. The van der Waals surface area contributed by atoms with Crippen molar-refractivity contribution in [2.24, 2.45) is 0 Å². The van der Waals surface area contributed by atoms with Crippen molar-refractivity contribution in [3.63, 3.8) is 0 Å². The molecule has 0 aliphatic carbocycles. The number of hydrogen-bond acceptors (Lipinski definition) is 6. The van der Waals surface area contributed by atoms with Crippen LogP contribution < -0.4 is 19.1 Å². The van der Waals surface area contributed by atoms with Crippen LogP contribution in [-0.2, 0) is 32.6 Å². The molecule has 0 aliphatic rings. The van der Waals surface area contributed by atoms with Crippen molar-refractivity contribution in [1.29, 1.82) is 0 Å². The first-order valence-electron chi connectivity index (χ1n) is 15.1. The number of methoxy groups -OCH3 is 2. The Morgan fingerprint density at radius 2 is 1.48 bits per heavy atom. The Balaban J connectivity index is 1.82. The Morgan fingerprint density at radius 1 is 0.826 bits per heavy atom. The Hall–Kier alpha value is -4.83. The third kappa shape index (κ3) is 8.06. The first kappa shape index (κ1) is 34.1. The fourth-order valence-electron chi connectivity index (χ4n) is 5.16. The number of nitrogens with one attached hydrogen (secondary N) is 1. The molecule has 1 N–H and O–H groups in total. The van der Waals surface area contributed by atoms with Gasteiger partial charge in [-0.05, 0) is 61.7 Å². The van der Waals surface area contributed by atoms with E-state index >= 15 is 0 Å². The second-order valence-electron chi connectivity index (χ2n) is 10.9. The Kier molecular flexibility index (Phi) is 11.4. The quantitative estimate of drug-likeness (QED) is 0.200. The van der Waals surface area contributed by atoms with Crippen molar-refractivity contribution in [2.45, 2.75) is 44.7 Å². The SMILES string of the molecule is CCNC(=O)[C@H](Cc1ccccc1)N(Cc1ccccc1C)C(=O)CN(c1ccc(C)cc1)S(=O)(=O)c1ccc(OC)c(OC)c1. The summed E-state index contributed by atoms with van der Waals surface area (Å²) in [4.78, 5) is 29.6. The van der Waals surface area contributed by atoms with Crippen LogP contribution in [0.15, 0.2) is 102 Å². The molecule has 0 fully saturated rings. The van der Waals surface area contributed by atoms with Crippen LogP contribution in [0.2, 0.25) is 0 Å². The van der Waals surface area contributed by atoms with Gasteiger partial charge in [-0.25, -0.2) is 8.42 Å². The summed E-state index contributed by atoms with van der Waals surface area (Å²) in [5.74, 6) is -0.244. The predicted molar refractivity (Wildman–Crippen MR) is 180 cm³/mol. The lowest BCUT2D eigenvalue weighted by atomic mass is 10.0. The lowest BCUT2D eigenvalue weighted by Gasteiger charge is -2.34. The summed E-state index contributed by atoms with van der Waals surface area (Å²) in [5.41, 5.74) is 3.90.